The number of nitrogens with one attached hydrogen (secondary N) is 1. The number of alkyl halides is 3. The Morgan fingerprint density at radius 1 is 1.06 bits per heavy atom. The highest BCUT2D eigenvalue weighted by Crippen LogP contribution is 2.44. The largest absolute Gasteiger partial charge is 0.496 e. The number of aromatic amines is 1. The van der Waals surface area contributed by atoms with Crippen LogP contribution < -0.4 is 10.3 Å². The summed E-state index contributed by atoms with van der Waals surface area (Å²) in [5.41, 5.74) is -2.59. The number of pyridine rings is 1. The molecule has 0 aliphatic rings. The van der Waals surface area contributed by atoms with Gasteiger partial charge in [-0.15, -0.1) is 0 Å². The summed E-state index contributed by atoms with van der Waals surface area (Å²) in [5.74, 6) is -2.25. The second-order valence-corrected chi connectivity index (χ2v) is 8.99. The van der Waals surface area contributed by atoms with Gasteiger partial charge < -0.3 is 14.8 Å². The summed E-state index contributed by atoms with van der Waals surface area (Å²) in [6.07, 6.45) is -4.61. The fourth-order valence-electron chi connectivity index (χ4n) is 4.04. The summed E-state index contributed by atoms with van der Waals surface area (Å²) < 4.78 is 62.3. The topological polar surface area (TPSA) is 74.7 Å². The molecule has 3 atom stereocenters. The minimum Gasteiger partial charge on any atom is -0.496 e. The number of aliphatic hydroxyl groups is 1. The molecule has 0 aliphatic carbocycles. The van der Waals surface area contributed by atoms with Crippen molar-refractivity contribution < 1.29 is 27.4 Å². The number of aromatic nitrogens is 1. The summed E-state index contributed by atoms with van der Waals surface area (Å²) in [4.78, 5) is 17.8. The van der Waals surface area contributed by atoms with Gasteiger partial charge in [-0.1, -0.05) is 39.8 Å². The van der Waals surface area contributed by atoms with Crippen LogP contribution in [0.15, 0.2) is 52.3 Å². The van der Waals surface area contributed by atoms with Gasteiger partial charge in [0.15, 0.2) is 5.60 Å². The Morgan fingerprint density at radius 3 is 2.34 bits per heavy atom. The lowest BCUT2D eigenvalue weighted by molar-refractivity contribution is -0.246. The average molecular weight is 493 g/mol. The van der Waals surface area contributed by atoms with Crippen LogP contribution in [-0.4, -0.2) is 35.2 Å². The van der Waals surface area contributed by atoms with Gasteiger partial charge in [-0.05, 0) is 47.2 Å². The maximum Gasteiger partial charge on any atom is 0.422 e. The van der Waals surface area contributed by atoms with Crippen molar-refractivity contribution in [3.8, 4) is 5.75 Å². The van der Waals surface area contributed by atoms with Gasteiger partial charge in [0.2, 0.25) is 5.56 Å². The molecule has 2 aromatic carbocycles. The molecular formula is C26H28F4N2O3. The minimum atomic E-state index is -5.06. The molecule has 0 aliphatic heterocycles. The van der Waals surface area contributed by atoms with E-state index in [4.69, 9.17) is 4.74 Å². The highest BCUT2D eigenvalue weighted by molar-refractivity contribution is 5.92. The molecule has 0 saturated heterocycles. The fourth-order valence-corrected chi connectivity index (χ4v) is 4.04. The molecule has 3 rings (SSSR count). The van der Waals surface area contributed by atoms with Gasteiger partial charge in [0.25, 0.3) is 0 Å². The van der Waals surface area contributed by atoms with Crippen LogP contribution >= 0.6 is 0 Å². The quantitative estimate of drug-likeness (QED) is 0.303. The van der Waals surface area contributed by atoms with E-state index in [1.807, 2.05) is 19.9 Å². The number of nitrogens with zero attached hydrogens (tertiary/aromatic N) is 1. The maximum absolute atomic E-state index is 14.2. The SMILES string of the molecule is COc1cc(C(C)C)ccc1C(C)C(C)C(O)(C=Nc1ccc(F)c2[nH]c(=O)ccc12)C(F)(F)F. The van der Waals surface area contributed by atoms with Gasteiger partial charge in [0.05, 0.1) is 18.3 Å². The third-order valence-electron chi connectivity index (χ3n) is 6.53. The Balaban J connectivity index is 2.06. The molecule has 1 aromatic heterocycles. The standard InChI is InChI=1S/C26H28F4N2O3/c1-14(2)17-6-7-18(22(12-17)35-5)15(3)16(4)25(34,26(28,29)30)13-31-21-10-9-20(27)24-19(21)8-11-23(33)32-24/h6-16,34H,1-5H3,(H,32,33). The molecular weight excluding hydrogens is 464 g/mol. The van der Waals surface area contributed by atoms with Crippen molar-refractivity contribution in [2.75, 3.05) is 7.11 Å². The van der Waals surface area contributed by atoms with Crippen LogP contribution in [0.3, 0.4) is 0 Å². The van der Waals surface area contributed by atoms with E-state index >= 15 is 0 Å². The first-order chi connectivity index (χ1) is 16.3. The lowest BCUT2D eigenvalue weighted by Crippen LogP contribution is -2.53. The first kappa shape index (κ1) is 26.4. The zero-order valence-electron chi connectivity index (χ0n) is 20.1. The summed E-state index contributed by atoms with van der Waals surface area (Å²) in [5, 5.41) is 11.0. The molecule has 3 unspecified atom stereocenters. The molecule has 188 valence electrons. The zero-order valence-corrected chi connectivity index (χ0v) is 20.1. The number of methoxy groups -OCH3 is 1. The molecule has 1 heterocycles. The summed E-state index contributed by atoms with van der Waals surface area (Å²) >= 11 is 0. The first-order valence-electron chi connectivity index (χ1n) is 11.1. The van der Waals surface area contributed by atoms with Crippen LogP contribution in [0.2, 0.25) is 0 Å². The zero-order chi connectivity index (χ0) is 26.1. The summed E-state index contributed by atoms with van der Waals surface area (Å²) in [6, 6.07) is 9.90. The average Bonchev–Trinajstić information content (AvgIpc) is 2.81. The van der Waals surface area contributed by atoms with E-state index in [0.29, 0.717) is 17.5 Å². The second kappa shape index (κ2) is 9.81. The Labute approximate surface area is 200 Å². The molecule has 35 heavy (non-hydrogen) atoms. The molecule has 5 nitrogen and oxygen atoms in total. The van der Waals surface area contributed by atoms with Crippen LogP contribution in [0.4, 0.5) is 23.2 Å². The first-order valence-corrected chi connectivity index (χ1v) is 11.1. The number of aliphatic imine (C=N–C) groups is 1. The van der Waals surface area contributed by atoms with Crippen LogP contribution in [0.5, 0.6) is 5.75 Å². The Morgan fingerprint density at radius 2 is 1.74 bits per heavy atom. The lowest BCUT2D eigenvalue weighted by atomic mass is 9.76. The van der Waals surface area contributed by atoms with E-state index in [0.717, 1.165) is 17.7 Å². The number of benzene rings is 2. The van der Waals surface area contributed by atoms with Crippen LogP contribution in [0.25, 0.3) is 10.9 Å². The van der Waals surface area contributed by atoms with Gasteiger partial charge in [-0.2, -0.15) is 13.2 Å². The number of fused-ring (bicyclic) bond motifs is 1. The third kappa shape index (κ3) is 5.10. The van der Waals surface area contributed by atoms with E-state index in [9.17, 15) is 27.5 Å². The van der Waals surface area contributed by atoms with Gasteiger partial charge in [-0.3, -0.25) is 9.79 Å². The molecule has 3 aromatic rings. The van der Waals surface area contributed by atoms with Crippen molar-refractivity contribution in [1.29, 1.82) is 0 Å². The molecule has 0 saturated carbocycles. The maximum atomic E-state index is 14.2. The number of hydrogen-bond donors (Lipinski definition) is 2. The lowest BCUT2D eigenvalue weighted by Gasteiger charge is -2.36. The van der Waals surface area contributed by atoms with E-state index in [2.05, 4.69) is 9.98 Å². The highest BCUT2D eigenvalue weighted by Gasteiger charge is 2.57. The fraction of sp³-hybridized carbons (Fsp3) is 0.385. The predicted octanol–water partition coefficient (Wildman–Crippen LogP) is 6.23. The molecule has 0 fully saturated rings. The number of rotatable bonds is 7. The molecule has 0 radical (unpaired) electrons. The van der Waals surface area contributed by atoms with Crippen molar-refractivity contribution in [3.05, 3.63) is 69.8 Å². The van der Waals surface area contributed by atoms with Crippen molar-refractivity contribution in [2.24, 2.45) is 10.9 Å². The molecule has 2 N–H and O–H groups in total. The number of H-pyrrole nitrogens is 1. The van der Waals surface area contributed by atoms with Gasteiger partial charge >= 0.3 is 6.18 Å². The van der Waals surface area contributed by atoms with Crippen molar-refractivity contribution in [3.63, 3.8) is 0 Å². The van der Waals surface area contributed by atoms with Crippen LogP contribution in [0, 0.1) is 11.7 Å². The number of halogens is 4. The predicted molar refractivity (Wildman–Crippen MR) is 128 cm³/mol. The Hall–Kier alpha value is -3.20. The third-order valence-corrected chi connectivity index (χ3v) is 6.53. The van der Waals surface area contributed by atoms with Crippen molar-refractivity contribution >= 4 is 22.8 Å². The van der Waals surface area contributed by atoms with Gasteiger partial charge in [0.1, 0.15) is 11.6 Å². The Kier molecular flexibility index (Phi) is 7.40. The van der Waals surface area contributed by atoms with Crippen LogP contribution in [-0.2, 0) is 0 Å². The molecule has 0 spiro atoms. The van der Waals surface area contributed by atoms with Crippen molar-refractivity contribution in [2.45, 2.75) is 51.3 Å². The van der Waals surface area contributed by atoms with E-state index in [-0.39, 0.29) is 22.5 Å². The molecule has 0 bridgehead atoms. The molecule has 0 amide bonds. The highest BCUT2D eigenvalue weighted by atomic mass is 19.4. The number of ether oxygens (including phenoxy) is 1. The van der Waals surface area contributed by atoms with Crippen LogP contribution in [0.1, 0.15) is 50.7 Å². The molecule has 9 heteroatoms. The smallest absolute Gasteiger partial charge is 0.422 e. The normalized spacial score (nSPS) is 16.0. The Bertz CT molecular complexity index is 1300. The number of hydrogen-bond acceptors (Lipinski definition) is 4. The monoisotopic (exact) mass is 492 g/mol. The van der Waals surface area contributed by atoms with E-state index < -0.39 is 35.0 Å². The van der Waals surface area contributed by atoms with Crippen molar-refractivity contribution in [1.82, 2.24) is 4.98 Å². The second-order valence-electron chi connectivity index (χ2n) is 8.99. The van der Waals surface area contributed by atoms with E-state index in [1.165, 1.54) is 26.2 Å². The summed E-state index contributed by atoms with van der Waals surface area (Å²) in [6.45, 7) is 6.86. The minimum absolute atomic E-state index is 0.0287. The van der Waals surface area contributed by atoms with Gasteiger partial charge in [0, 0.05) is 23.6 Å². The summed E-state index contributed by atoms with van der Waals surface area (Å²) in [7, 11) is 1.45. The van der Waals surface area contributed by atoms with E-state index in [1.54, 1.807) is 19.1 Å². The van der Waals surface area contributed by atoms with Gasteiger partial charge in [-0.25, -0.2) is 4.39 Å².